The van der Waals surface area contributed by atoms with Crippen LogP contribution in [0.15, 0.2) is 36.4 Å². The van der Waals surface area contributed by atoms with Crippen molar-refractivity contribution in [2.75, 3.05) is 30.6 Å². The van der Waals surface area contributed by atoms with Gasteiger partial charge < -0.3 is 19.7 Å². The number of ether oxygens (including phenoxy) is 2. The maximum Gasteiger partial charge on any atom is 0.156 e. The highest BCUT2D eigenvalue weighted by Crippen LogP contribution is 2.40. The van der Waals surface area contributed by atoms with Crippen molar-refractivity contribution < 1.29 is 28.1 Å². The van der Waals surface area contributed by atoms with Crippen LogP contribution in [-0.4, -0.2) is 61.4 Å². The third-order valence-corrected chi connectivity index (χ3v) is 7.91. The van der Waals surface area contributed by atoms with Crippen molar-refractivity contribution in [3.05, 3.63) is 57.6 Å². The number of sulfone groups is 1. The molecule has 0 radical (unpaired) electrons. The van der Waals surface area contributed by atoms with Crippen LogP contribution in [0, 0.1) is 0 Å². The molecule has 0 saturated carbocycles. The highest BCUT2D eigenvalue weighted by molar-refractivity contribution is 7.91. The minimum absolute atomic E-state index is 0.0216. The zero-order valence-electron chi connectivity index (χ0n) is 18.7. The van der Waals surface area contributed by atoms with E-state index in [1.807, 2.05) is 26.0 Å². The lowest BCUT2D eigenvalue weighted by atomic mass is 9.78. The lowest BCUT2D eigenvalue weighted by molar-refractivity contribution is 0.125. The van der Waals surface area contributed by atoms with Gasteiger partial charge >= 0.3 is 0 Å². The maximum atomic E-state index is 11.6. The van der Waals surface area contributed by atoms with Crippen molar-refractivity contribution >= 4 is 44.6 Å². The monoisotopic (exact) mass is 538 g/mol. The number of aliphatic hydroxyl groups excluding tert-OH is 2. The van der Waals surface area contributed by atoms with E-state index < -0.39 is 27.5 Å². The summed E-state index contributed by atoms with van der Waals surface area (Å²) in [7, 11) is -3.28. The Kier molecular flexibility index (Phi) is 10.2. The van der Waals surface area contributed by atoms with Gasteiger partial charge in [-0.1, -0.05) is 56.1 Å². The Morgan fingerprint density at radius 2 is 1.48 bits per heavy atom. The molecule has 0 unspecified atom stereocenters. The number of alkyl halides is 1. The average Bonchev–Trinajstić information content (AvgIpc) is 2.76. The first-order valence-corrected chi connectivity index (χ1v) is 13.5. The van der Waals surface area contributed by atoms with Crippen molar-refractivity contribution in [1.82, 2.24) is 0 Å². The summed E-state index contributed by atoms with van der Waals surface area (Å²) >= 11 is 18.4. The molecule has 0 bridgehead atoms. The van der Waals surface area contributed by atoms with E-state index in [1.165, 1.54) is 6.92 Å². The smallest absolute Gasteiger partial charge is 0.156 e. The third kappa shape index (κ3) is 7.91. The third-order valence-electron chi connectivity index (χ3n) is 5.22. The molecule has 0 saturated heterocycles. The maximum absolute atomic E-state index is 11.6. The molecule has 0 aliphatic heterocycles. The fourth-order valence-corrected chi connectivity index (χ4v) is 4.67. The van der Waals surface area contributed by atoms with Crippen LogP contribution >= 0.6 is 34.8 Å². The molecule has 2 aromatic rings. The number of rotatable bonds is 12. The first kappa shape index (κ1) is 28.0. The van der Waals surface area contributed by atoms with E-state index in [0.717, 1.165) is 11.1 Å². The van der Waals surface area contributed by atoms with Crippen LogP contribution in [0.2, 0.25) is 10.0 Å². The summed E-state index contributed by atoms with van der Waals surface area (Å²) in [6.07, 6.45) is -1.92. The second kappa shape index (κ2) is 12.0. The number of benzene rings is 2. The fraction of sp³-hybridized carbons (Fsp3) is 0.478. The molecule has 0 aliphatic rings. The van der Waals surface area contributed by atoms with Gasteiger partial charge in [-0.15, -0.1) is 11.6 Å². The van der Waals surface area contributed by atoms with Gasteiger partial charge in [-0.05, 0) is 35.4 Å². The molecule has 33 heavy (non-hydrogen) atoms. The summed E-state index contributed by atoms with van der Waals surface area (Å²) in [5.41, 5.74) is 1.35. The molecule has 0 amide bonds. The van der Waals surface area contributed by atoms with Crippen LogP contribution in [0.4, 0.5) is 0 Å². The van der Waals surface area contributed by atoms with Crippen LogP contribution in [0.25, 0.3) is 0 Å². The molecule has 0 fully saturated rings. The molecule has 6 nitrogen and oxygen atoms in total. The molecule has 10 heteroatoms. The van der Waals surface area contributed by atoms with Crippen LogP contribution in [0.3, 0.4) is 0 Å². The molecule has 2 rings (SSSR count). The molecule has 2 N–H and O–H groups in total. The summed E-state index contributed by atoms with van der Waals surface area (Å²) in [5, 5.41) is 20.1. The average molecular weight is 540 g/mol. The first-order valence-electron chi connectivity index (χ1n) is 10.4. The molecule has 0 aromatic heterocycles. The van der Waals surface area contributed by atoms with Crippen molar-refractivity contribution in [1.29, 1.82) is 0 Å². The Morgan fingerprint density at radius 1 is 0.939 bits per heavy atom. The van der Waals surface area contributed by atoms with Gasteiger partial charge in [0.15, 0.2) is 15.6 Å². The van der Waals surface area contributed by atoms with Crippen molar-refractivity contribution in [3.63, 3.8) is 0 Å². The molecule has 0 heterocycles. The van der Waals surface area contributed by atoms with Crippen molar-refractivity contribution in [2.24, 2.45) is 0 Å². The highest BCUT2D eigenvalue weighted by Gasteiger charge is 2.26. The molecular formula is C23H29Cl3O6S. The highest BCUT2D eigenvalue weighted by atomic mass is 35.5. The largest absolute Gasteiger partial charge is 0.491 e. The van der Waals surface area contributed by atoms with E-state index >= 15 is 0 Å². The Bertz CT molecular complexity index is 1000. The Balaban J connectivity index is 2.12. The Morgan fingerprint density at radius 3 is 2.00 bits per heavy atom. The fourth-order valence-electron chi connectivity index (χ4n) is 3.07. The Labute approximate surface area is 210 Å². The van der Waals surface area contributed by atoms with Crippen LogP contribution < -0.4 is 9.47 Å². The van der Waals surface area contributed by atoms with Gasteiger partial charge in [-0.2, -0.15) is 0 Å². The number of halogens is 3. The molecule has 0 spiro atoms. The van der Waals surface area contributed by atoms with Gasteiger partial charge in [-0.3, -0.25) is 0 Å². The molecule has 2 aromatic carbocycles. The van der Waals surface area contributed by atoms with E-state index in [-0.39, 0.29) is 36.3 Å². The second-order valence-electron chi connectivity index (χ2n) is 8.20. The molecule has 2 atom stereocenters. The van der Waals surface area contributed by atoms with Gasteiger partial charge in [0.2, 0.25) is 0 Å². The number of hydrogen-bond donors (Lipinski definition) is 2. The van der Waals surface area contributed by atoms with Gasteiger partial charge in [0.25, 0.3) is 0 Å². The minimum atomic E-state index is -3.28. The summed E-state index contributed by atoms with van der Waals surface area (Å²) < 4.78 is 34.3. The van der Waals surface area contributed by atoms with Crippen LogP contribution in [-0.2, 0) is 15.3 Å². The molecule has 184 valence electrons. The van der Waals surface area contributed by atoms with Gasteiger partial charge in [0.1, 0.15) is 31.2 Å². The number of hydrogen-bond acceptors (Lipinski definition) is 6. The molecular weight excluding hydrogens is 511 g/mol. The topological polar surface area (TPSA) is 93.1 Å². The van der Waals surface area contributed by atoms with Crippen molar-refractivity contribution in [2.45, 2.75) is 38.4 Å². The van der Waals surface area contributed by atoms with E-state index in [2.05, 4.69) is 0 Å². The van der Waals surface area contributed by atoms with Crippen LogP contribution in [0.5, 0.6) is 11.5 Å². The van der Waals surface area contributed by atoms with Crippen LogP contribution in [0.1, 0.15) is 31.9 Å². The van der Waals surface area contributed by atoms with E-state index in [9.17, 15) is 18.6 Å². The quantitative estimate of drug-likeness (QED) is 0.387. The summed E-state index contributed by atoms with van der Waals surface area (Å²) in [6.45, 7) is 5.43. The zero-order chi connectivity index (χ0) is 24.8. The number of aliphatic hydroxyl groups is 2. The van der Waals surface area contributed by atoms with E-state index in [4.69, 9.17) is 44.3 Å². The summed E-state index contributed by atoms with van der Waals surface area (Å²) in [5.74, 6) is 0.483. The normalized spacial score (nSPS) is 14.1. The summed E-state index contributed by atoms with van der Waals surface area (Å²) in [6, 6.07) is 10.8. The van der Waals surface area contributed by atoms with Crippen molar-refractivity contribution in [3.8, 4) is 11.5 Å². The SMILES string of the molecule is CCS(=O)(=O)C[C@H](O)COc1ccc(C(C)(C)c2cc(Cl)c(OC[C@H](O)CCl)c(Cl)c2)cc1. The summed E-state index contributed by atoms with van der Waals surface area (Å²) in [4.78, 5) is 0. The minimum Gasteiger partial charge on any atom is -0.491 e. The Hall–Kier alpha value is -1.22. The van der Waals surface area contributed by atoms with Gasteiger partial charge in [0.05, 0.1) is 21.7 Å². The first-order chi connectivity index (χ1) is 15.4. The van der Waals surface area contributed by atoms with E-state index in [0.29, 0.717) is 15.8 Å². The zero-order valence-corrected chi connectivity index (χ0v) is 21.8. The predicted molar refractivity (Wildman–Crippen MR) is 133 cm³/mol. The lowest BCUT2D eigenvalue weighted by Crippen LogP contribution is -2.28. The predicted octanol–water partition coefficient (Wildman–Crippen LogP) is 4.47. The van der Waals surface area contributed by atoms with Gasteiger partial charge in [0, 0.05) is 11.2 Å². The van der Waals surface area contributed by atoms with Gasteiger partial charge in [-0.25, -0.2) is 8.42 Å². The van der Waals surface area contributed by atoms with E-state index in [1.54, 1.807) is 24.3 Å². The molecule has 0 aliphatic carbocycles. The second-order valence-corrected chi connectivity index (χ2v) is 11.7. The standard InChI is InChI=1S/C23H29Cl3O6S/c1-4-33(29,30)14-18(28)13-31-19-7-5-15(6-8-19)23(2,3)16-9-20(25)22(21(26)10-16)32-12-17(27)11-24/h5-10,17-18,27-28H,4,11-14H2,1-3H3/t17-,18-/m1/s1. The lowest BCUT2D eigenvalue weighted by Gasteiger charge is -2.27.